The van der Waals surface area contributed by atoms with Gasteiger partial charge in [0.05, 0.1) is 6.54 Å². The summed E-state index contributed by atoms with van der Waals surface area (Å²) in [4.78, 5) is 2.27. The molecule has 1 unspecified atom stereocenters. The van der Waals surface area contributed by atoms with Gasteiger partial charge in [-0.15, -0.1) is 0 Å². The Hall–Kier alpha value is -1.37. The van der Waals surface area contributed by atoms with Crippen molar-refractivity contribution in [3.63, 3.8) is 0 Å². The Bertz CT molecular complexity index is 474. The summed E-state index contributed by atoms with van der Waals surface area (Å²) in [7, 11) is 0. The Morgan fingerprint density at radius 1 is 1.37 bits per heavy atom. The predicted octanol–water partition coefficient (Wildman–Crippen LogP) is 2.27. The standard InChI is InChI=1S/C16H20FNO/c1-16(13-19)9-3-11-18(12-16)10-2-4-14-5-7-15(17)8-6-14/h5-8,19H,3,9-13H2,1H3. The van der Waals surface area contributed by atoms with Crippen LogP contribution in [0.4, 0.5) is 4.39 Å². The van der Waals surface area contributed by atoms with E-state index in [4.69, 9.17) is 0 Å². The molecule has 3 heteroatoms. The third kappa shape index (κ3) is 4.05. The van der Waals surface area contributed by atoms with E-state index in [0.717, 1.165) is 31.5 Å². The number of aliphatic hydroxyl groups is 1. The zero-order chi connectivity index (χ0) is 13.7. The van der Waals surface area contributed by atoms with Crippen LogP contribution < -0.4 is 0 Å². The molecule has 1 fully saturated rings. The number of likely N-dealkylation sites (tertiary alicyclic amines) is 1. The average Bonchev–Trinajstić information content (AvgIpc) is 2.41. The first-order valence-corrected chi connectivity index (χ1v) is 6.69. The summed E-state index contributed by atoms with van der Waals surface area (Å²) in [6, 6.07) is 6.23. The number of piperidine rings is 1. The summed E-state index contributed by atoms with van der Waals surface area (Å²) in [6.07, 6.45) is 2.18. The SMILES string of the molecule is CC1(CO)CCCN(CC#Cc2ccc(F)cc2)C1. The molecule has 1 aliphatic heterocycles. The van der Waals surface area contributed by atoms with Gasteiger partial charge in [-0.2, -0.15) is 0 Å². The van der Waals surface area contributed by atoms with E-state index in [-0.39, 0.29) is 17.8 Å². The second-order valence-corrected chi connectivity index (χ2v) is 5.59. The van der Waals surface area contributed by atoms with Crippen molar-refractivity contribution in [3.8, 4) is 11.8 Å². The largest absolute Gasteiger partial charge is 0.396 e. The van der Waals surface area contributed by atoms with Crippen LogP contribution in [0.5, 0.6) is 0 Å². The molecule has 1 aromatic carbocycles. The zero-order valence-electron chi connectivity index (χ0n) is 11.3. The molecule has 19 heavy (non-hydrogen) atoms. The molecule has 0 bridgehead atoms. The van der Waals surface area contributed by atoms with Gasteiger partial charge in [0.2, 0.25) is 0 Å². The molecule has 1 saturated heterocycles. The molecule has 2 rings (SSSR count). The fraction of sp³-hybridized carbons (Fsp3) is 0.500. The van der Waals surface area contributed by atoms with E-state index >= 15 is 0 Å². The lowest BCUT2D eigenvalue weighted by Crippen LogP contribution is -2.43. The van der Waals surface area contributed by atoms with Crippen LogP contribution in [0.2, 0.25) is 0 Å². The second kappa shape index (κ2) is 6.18. The van der Waals surface area contributed by atoms with Gasteiger partial charge in [-0.25, -0.2) is 4.39 Å². The maximum Gasteiger partial charge on any atom is 0.123 e. The summed E-state index contributed by atoms with van der Waals surface area (Å²) < 4.78 is 12.7. The van der Waals surface area contributed by atoms with Crippen molar-refractivity contribution in [3.05, 3.63) is 35.6 Å². The molecule has 1 aliphatic rings. The summed E-state index contributed by atoms with van der Waals surface area (Å²) in [5.74, 6) is 5.93. The number of hydrogen-bond acceptors (Lipinski definition) is 2. The second-order valence-electron chi connectivity index (χ2n) is 5.59. The summed E-state index contributed by atoms with van der Waals surface area (Å²) in [5, 5.41) is 9.40. The van der Waals surface area contributed by atoms with Gasteiger partial charge in [0.1, 0.15) is 5.82 Å². The van der Waals surface area contributed by atoms with Gasteiger partial charge in [0.25, 0.3) is 0 Å². The van der Waals surface area contributed by atoms with E-state index in [9.17, 15) is 9.50 Å². The summed E-state index contributed by atoms with van der Waals surface area (Å²) in [5.41, 5.74) is 0.846. The molecule has 0 amide bonds. The van der Waals surface area contributed by atoms with Crippen molar-refractivity contribution >= 4 is 0 Å². The number of aliphatic hydroxyl groups excluding tert-OH is 1. The molecule has 0 aromatic heterocycles. The van der Waals surface area contributed by atoms with E-state index in [1.165, 1.54) is 12.1 Å². The summed E-state index contributed by atoms with van der Waals surface area (Å²) >= 11 is 0. The van der Waals surface area contributed by atoms with Crippen molar-refractivity contribution in [1.82, 2.24) is 4.90 Å². The highest BCUT2D eigenvalue weighted by Gasteiger charge is 2.29. The van der Waals surface area contributed by atoms with Crippen molar-refractivity contribution in [2.24, 2.45) is 5.41 Å². The Morgan fingerprint density at radius 2 is 2.11 bits per heavy atom. The third-order valence-electron chi connectivity index (χ3n) is 3.62. The van der Waals surface area contributed by atoms with Crippen molar-refractivity contribution in [2.45, 2.75) is 19.8 Å². The Kier molecular flexibility index (Phi) is 4.57. The molecule has 0 spiro atoms. The van der Waals surface area contributed by atoms with Crippen molar-refractivity contribution < 1.29 is 9.50 Å². The molecular formula is C16H20FNO. The van der Waals surface area contributed by atoms with E-state index in [1.54, 1.807) is 12.1 Å². The maximum atomic E-state index is 12.7. The van der Waals surface area contributed by atoms with Gasteiger partial charge in [0.15, 0.2) is 0 Å². The van der Waals surface area contributed by atoms with Crippen LogP contribution in [0, 0.1) is 23.1 Å². The maximum absolute atomic E-state index is 12.7. The fourth-order valence-electron chi connectivity index (χ4n) is 2.48. The molecule has 2 nitrogen and oxygen atoms in total. The monoisotopic (exact) mass is 261 g/mol. The van der Waals surface area contributed by atoms with Gasteiger partial charge in [-0.3, -0.25) is 4.90 Å². The van der Waals surface area contributed by atoms with E-state index in [2.05, 4.69) is 23.7 Å². The molecule has 1 N–H and O–H groups in total. The first-order valence-electron chi connectivity index (χ1n) is 6.69. The molecule has 0 aliphatic carbocycles. The number of rotatable bonds is 2. The molecular weight excluding hydrogens is 241 g/mol. The third-order valence-corrected chi connectivity index (χ3v) is 3.62. The fourth-order valence-corrected chi connectivity index (χ4v) is 2.48. The molecule has 102 valence electrons. The van der Waals surface area contributed by atoms with Gasteiger partial charge in [0, 0.05) is 24.1 Å². The van der Waals surface area contributed by atoms with Crippen LogP contribution >= 0.6 is 0 Å². The lowest BCUT2D eigenvalue weighted by atomic mass is 9.83. The molecule has 1 heterocycles. The van der Waals surface area contributed by atoms with Crippen molar-refractivity contribution in [2.75, 3.05) is 26.2 Å². The van der Waals surface area contributed by atoms with Gasteiger partial charge < -0.3 is 5.11 Å². The Balaban J connectivity index is 1.90. The Morgan fingerprint density at radius 3 is 2.79 bits per heavy atom. The Labute approximate surface area is 114 Å². The first-order chi connectivity index (χ1) is 9.11. The van der Waals surface area contributed by atoms with Gasteiger partial charge >= 0.3 is 0 Å². The quantitative estimate of drug-likeness (QED) is 0.826. The number of hydrogen-bond donors (Lipinski definition) is 1. The zero-order valence-corrected chi connectivity index (χ0v) is 11.3. The van der Waals surface area contributed by atoms with Crippen LogP contribution in [0.25, 0.3) is 0 Å². The topological polar surface area (TPSA) is 23.5 Å². The minimum absolute atomic E-state index is 0.00973. The first kappa shape index (κ1) is 14.0. The van der Waals surface area contributed by atoms with Crippen molar-refractivity contribution in [1.29, 1.82) is 0 Å². The minimum Gasteiger partial charge on any atom is -0.396 e. The lowest BCUT2D eigenvalue weighted by Gasteiger charge is -2.38. The number of halogens is 1. The van der Waals surface area contributed by atoms with Gasteiger partial charge in [-0.1, -0.05) is 18.8 Å². The predicted molar refractivity (Wildman–Crippen MR) is 74.1 cm³/mol. The van der Waals surface area contributed by atoms with Crippen LogP contribution in [-0.4, -0.2) is 36.2 Å². The minimum atomic E-state index is -0.236. The van der Waals surface area contributed by atoms with Crippen LogP contribution in [0.15, 0.2) is 24.3 Å². The highest BCUT2D eigenvalue weighted by atomic mass is 19.1. The van der Waals surface area contributed by atoms with Crippen LogP contribution in [-0.2, 0) is 0 Å². The lowest BCUT2D eigenvalue weighted by molar-refractivity contribution is 0.0532. The number of benzene rings is 1. The van der Waals surface area contributed by atoms with E-state index in [1.807, 2.05) is 0 Å². The molecule has 1 aromatic rings. The highest BCUT2D eigenvalue weighted by molar-refractivity contribution is 5.34. The van der Waals surface area contributed by atoms with E-state index < -0.39 is 0 Å². The molecule has 0 radical (unpaired) electrons. The average molecular weight is 261 g/mol. The van der Waals surface area contributed by atoms with Gasteiger partial charge in [-0.05, 0) is 43.7 Å². The molecule has 1 atom stereocenters. The number of nitrogens with zero attached hydrogens (tertiary/aromatic N) is 1. The van der Waals surface area contributed by atoms with Crippen LogP contribution in [0.1, 0.15) is 25.3 Å². The summed E-state index contributed by atoms with van der Waals surface area (Å²) in [6.45, 7) is 4.98. The normalized spacial score (nSPS) is 23.7. The molecule has 0 saturated carbocycles. The van der Waals surface area contributed by atoms with E-state index in [0.29, 0.717) is 6.54 Å². The smallest absolute Gasteiger partial charge is 0.123 e. The van der Waals surface area contributed by atoms with Crippen LogP contribution in [0.3, 0.4) is 0 Å². The highest BCUT2D eigenvalue weighted by Crippen LogP contribution is 2.28.